The molecule has 0 atom stereocenters. The molecule has 0 aliphatic heterocycles. The Morgan fingerprint density at radius 2 is 2.12 bits per heavy atom. The first kappa shape index (κ1) is 6.01. The third kappa shape index (κ3) is 0.844. The van der Waals surface area contributed by atoms with Gasteiger partial charge in [0.15, 0.2) is 0 Å². The molecule has 3 heteroatoms. The number of hydrogen-bond acceptors (Lipinski definition) is 3. The maximum atomic E-state index is 9.10. The van der Waals surface area contributed by atoms with E-state index in [2.05, 4.69) is 0 Å². The van der Waals surface area contributed by atoms with E-state index < -0.39 is 5.60 Å². The molecule has 0 bridgehead atoms. The molecule has 0 spiro atoms. The molecule has 0 aromatic heterocycles. The van der Waals surface area contributed by atoms with E-state index >= 15 is 0 Å². The van der Waals surface area contributed by atoms with Crippen LogP contribution in [0.25, 0.3) is 0 Å². The predicted octanol–water partition coefficient (Wildman–Crippen LogP) is -1.17. The van der Waals surface area contributed by atoms with Gasteiger partial charge < -0.3 is 15.9 Å². The van der Waals surface area contributed by atoms with E-state index in [0.29, 0.717) is 12.8 Å². The average molecular weight is 117 g/mol. The van der Waals surface area contributed by atoms with Gasteiger partial charge in [-0.15, -0.1) is 0 Å². The molecule has 0 heterocycles. The maximum Gasteiger partial charge on any atom is 0.0818 e. The molecule has 0 amide bonds. The lowest BCUT2D eigenvalue weighted by Crippen LogP contribution is -2.52. The molecular formula is C5H11NO2. The highest BCUT2D eigenvalue weighted by Gasteiger charge is 2.40. The highest BCUT2D eigenvalue weighted by Crippen LogP contribution is 2.30. The fourth-order valence-electron chi connectivity index (χ4n) is 0.984. The second kappa shape index (κ2) is 1.69. The van der Waals surface area contributed by atoms with Crippen LogP contribution < -0.4 is 5.73 Å². The molecule has 1 rings (SSSR count). The summed E-state index contributed by atoms with van der Waals surface area (Å²) in [7, 11) is 0. The van der Waals surface area contributed by atoms with Crippen molar-refractivity contribution in [2.75, 3.05) is 6.54 Å². The van der Waals surface area contributed by atoms with Crippen molar-refractivity contribution in [3.63, 3.8) is 0 Å². The maximum absolute atomic E-state index is 9.10. The van der Waals surface area contributed by atoms with Gasteiger partial charge >= 0.3 is 0 Å². The molecule has 1 aliphatic rings. The van der Waals surface area contributed by atoms with Gasteiger partial charge in [0, 0.05) is 19.4 Å². The minimum atomic E-state index is -0.737. The molecule has 0 unspecified atom stereocenters. The molecule has 48 valence electrons. The Morgan fingerprint density at radius 3 is 2.25 bits per heavy atom. The molecular weight excluding hydrogens is 106 g/mol. The van der Waals surface area contributed by atoms with E-state index in [1.54, 1.807) is 0 Å². The largest absolute Gasteiger partial charge is 0.393 e. The summed E-state index contributed by atoms with van der Waals surface area (Å²) >= 11 is 0. The summed E-state index contributed by atoms with van der Waals surface area (Å²) in [5.74, 6) is 0. The first-order chi connectivity index (χ1) is 3.66. The van der Waals surface area contributed by atoms with Crippen molar-refractivity contribution in [3.8, 4) is 0 Å². The molecule has 1 aliphatic carbocycles. The van der Waals surface area contributed by atoms with E-state index in [1.807, 2.05) is 0 Å². The Morgan fingerprint density at radius 1 is 1.62 bits per heavy atom. The summed E-state index contributed by atoms with van der Waals surface area (Å²) in [4.78, 5) is 0. The third-order valence-electron chi connectivity index (χ3n) is 1.61. The Balaban J connectivity index is 2.30. The van der Waals surface area contributed by atoms with Crippen molar-refractivity contribution in [2.24, 2.45) is 5.73 Å². The van der Waals surface area contributed by atoms with Gasteiger partial charge in [-0.2, -0.15) is 0 Å². The predicted molar refractivity (Wildman–Crippen MR) is 29.2 cm³/mol. The zero-order valence-electron chi connectivity index (χ0n) is 4.67. The fourth-order valence-corrected chi connectivity index (χ4v) is 0.984. The number of nitrogens with two attached hydrogens (primary N) is 1. The highest BCUT2D eigenvalue weighted by atomic mass is 16.3. The molecule has 3 nitrogen and oxygen atoms in total. The van der Waals surface area contributed by atoms with Crippen molar-refractivity contribution in [1.29, 1.82) is 0 Å². The normalized spacial score (nSPS) is 46.1. The standard InChI is InChI=1S/C5H11NO2/c6-3-5(8)1-4(7)2-5/h4,7-8H,1-3,6H2. The zero-order valence-corrected chi connectivity index (χ0v) is 4.67. The van der Waals surface area contributed by atoms with Crippen molar-refractivity contribution < 1.29 is 10.2 Å². The van der Waals surface area contributed by atoms with Gasteiger partial charge in [-0.3, -0.25) is 0 Å². The topological polar surface area (TPSA) is 66.5 Å². The van der Waals surface area contributed by atoms with Gasteiger partial charge in [0.2, 0.25) is 0 Å². The number of aliphatic hydroxyl groups is 2. The lowest BCUT2D eigenvalue weighted by molar-refractivity contribution is -0.106. The first-order valence-corrected chi connectivity index (χ1v) is 2.77. The van der Waals surface area contributed by atoms with Crippen LogP contribution in [0, 0.1) is 0 Å². The summed E-state index contributed by atoms with van der Waals surface area (Å²) in [5.41, 5.74) is 4.43. The van der Waals surface area contributed by atoms with Gasteiger partial charge in [-0.25, -0.2) is 0 Å². The molecule has 0 saturated heterocycles. The minimum absolute atomic E-state index is 0.268. The second-order valence-corrected chi connectivity index (χ2v) is 2.49. The lowest BCUT2D eigenvalue weighted by atomic mass is 9.78. The Bertz CT molecular complexity index is 88.4. The SMILES string of the molecule is NCC1(O)CC(O)C1. The van der Waals surface area contributed by atoms with E-state index in [9.17, 15) is 0 Å². The molecule has 8 heavy (non-hydrogen) atoms. The van der Waals surface area contributed by atoms with Gasteiger partial charge in [0.1, 0.15) is 0 Å². The van der Waals surface area contributed by atoms with E-state index in [-0.39, 0.29) is 12.6 Å². The van der Waals surface area contributed by atoms with Gasteiger partial charge in [0.25, 0.3) is 0 Å². The number of rotatable bonds is 1. The third-order valence-corrected chi connectivity index (χ3v) is 1.61. The van der Waals surface area contributed by atoms with Gasteiger partial charge in [-0.1, -0.05) is 0 Å². The molecule has 0 radical (unpaired) electrons. The van der Waals surface area contributed by atoms with Crippen LogP contribution in [0.1, 0.15) is 12.8 Å². The zero-order chi connectivity index (χ0) is 6.20. The molecule has 4 N–H and O–H groups in total. The first-order valence-electron chi connectivity index (χ1n) is 2.77. The van der Waals surface area contributed by atoms with E-state index in [1.165, 1.54) is 0 Å². The van der Waals surface area contributed by atoms with Gasteiger partial charge in [-0.05, 0) is 0 Å². The van der Waals surface area contributed by atoms with Crippen LogP contribution in [-0.4, -0.2) is 28.5 Å². The molecule has 0 aromatic carbocycles. The van der Waals surface area contributed by atoms with Crippen LogP contribution in [0.4, 0.5) is 0 Å². The Hall–Kier alpha value is -0.120. The molecule has 0 aromatic rings. The van der Waals surface area contributed by atoms with Crippen LogP contribution in [0.15, 0.2) is 0 Å². The summed E-state index contributed by atoms with van der Waals surface area (Å²) in [6.45, 7) is 0.268. The van der Waals surface area contributed by atoms with Crippen LogP contribution in [-0.2, 0) is 0 Å². The highest BCUT2D eigenvalue weighted by molar-refractivity contribution is 4.94. The van der Waals surface area contributed by atoms with Crippen molar-refractivity contribution in [1.82, 2.24) is 0 Å². The summed E-state index contributed by atoms with van der Waals surface area (Å²) in [6, 6.07) is 0. The van der Waals surface area contributed by atoms with E-state index in [4.69, 9.17) is 15.9 Å². The average Bonchev–Trinajstić information content (AvgIpc) is 1.63. The van der Waals surface area contributed by atoms with Crippen LogP contribution in [0.5, 0.6) is 0 Å². The lowest BCUT2D eigenvalue weighted by Gasteiger charge is -2.39. The summed E-state index contributed by atoms with van der Waals surface area (Å²) in [5, 5.41) is 17.8. The number of hydrogen-bond donors (Lipinski definition) is 3. The quantitative estimate of drug-likeness (QED) is 0.405. The van der Waals surface area contributed by atoms with Crippen molar-refractivity contribution in [2.45, 2.75) is 24.5 Å². The Labute approximate surface area is 48.1 Å². The number of aliphatic hydroxyl groups excluding tert-OH is 1. The smallest absolute Gasteiger partial charge is 0.0818 e. The second-order valence-electron chi connectivity index (χ2n) is 2.49. The van der Waals surface area contributed by atoms with Crippen LogP contribution in [0.3, 0.4) is 0 Å². The summed E-state index contributed by atoms with van der Waals surface area (Å²) in [6.07, 6.45) is 0.580. The Kier molecular flexibility index (Phi) is 1.27. The minimum Gasteiger partial charge on any atom is -0.393 e. The van der Waals surface area contributed by atoms with Crippen molar-refractivity contribution >= 4 is 0 Å². The van der Waals surface area contributed by atoms with Crippen LogP contribution in [0.2, 0.25) is 0 Å². The monoisotopic (exact) mass is 117 g/mol. The van der Waals surface area contributed by atoms with E-state index in [0.717, 1.165) is 0 Å². The molecule has 1 fully saturated rings. The van der Waals surface area contributed by atoms with Crippen LogP contribution >= 0.6 is 0 Å². The van der Waals surface area contributed by atoms with Crippen molar-refractivity contribution in [3.05, 3.63) is 0 Å². The summed E-state index contributed by atoms with van der Waals surface area (Å²) < 4.78 is 0. The fraction of sp³-hybridized carbons (Fsp3) is 1.00. The molecule has 1 saturated carbocycles. The van der Waals surface area contributed by atoms with Gasteiger partial charge in [0.05, 0.1) is 11.7 Å².